The minimum atomic E-state index is 0.193. The number of hydrogen-bond donors (Lipinski definition) is 1. The summed E-state index contributed by atoms with van der Waals surface area (Å²) in [6.45, 7) is 1.68. The van der Waals surface area contributed by atoms with Crippen LogP contribution in [0.1, 0.15) is 43.2 Å². The number of nitrogens with two attached hydrogens (primary N) is 1. The Morgan fingerprint density at radius 2 is 2.05 bits per heavy atom. The molecule has 1 fully saturated rings. The number of hydrogen-bond acceptors (Lipinski definition) is 2. The quantitative estimate of drug-likeness (QED) is 0.924. The Balaban J connectivity index is 1.66. The first-order valence-electron chi connectivity index (χ1n) is 8.37. The van der Waals surface area contributed by atoms with Gasteiger partial charge in [0.1, 0.15) is 0 Å². The van der Waals surface area contributed by atoms with E-state index in [2.05, 4.69) is 29.2 Å². The molecule has 0 radical (unpaired) electrons. The summed E-state index contributed by atoms with van der Waals surface area (Å²) < 4.78 is 0. The zero-order chi connectivity index (χ0) is 14.7. The van der Waals surface area contributed by atoms with Crippen LogP contribution in [0.5, 0.6) is 0 Å². The van der Waals surface area contributed by atoms with Crippen molar-refractivity contribution in [2.45, 2.75) is 51.0 Å². The molecule has 0 aromatic heterocycles. The van der Waals surface area contributed by atoms with Gasteiger partial charge in [0.05, 0.1) is 0 Å². The van der Waals surface area contributed by atoms with Gasteiger partial charge >= 0.3 is 0 Å². The first-order valence-corrected chi connectivity index (χ1v) is 8.37. The van der Waals surface area contributed by atoms with E-state index < -0.39 is 0 Å². The topological polar surface area (TPSA) is 46.3 Å². The Hall–Kier alpha value is -1.35. The van der Waals surface area contributed by atoms with E-state index in [1.807, 2.05) is 0 Å². The fraction of sp³-hybridized carbons (Fsp3) is 0.611. The molecule has 1 aliphatic heterocycles. The standard InChI is InChI=1S/C18H26N2O/c19-11-3-7-17-8-4-12-20(17)18(21)16-10-9-14-5-1-2-6-15(14)13-16/h1-2,5-6,16-17H,3-4,7-13,19H2. The number of carbonyl (C=O) groups is 1. The largest absolute Gasteiger partial charge is 0.339 e. The Labute approximate surface area is 127 Å². The smallest absolute Gasteiger partial charge is 0.226 e. The summed E-state index contributed by atoms with van der Waals surface area (Å²) in [5.74, 6) is 0.586. The summed E-state index contributed by atoms with van der Waals surface area (Å²) in [6, 6.07) is 9.02. The zero-order valence-corrected chi connectivity index (χ0v) is 12.8. The maximum Gasteiger partial charge on any atom is 0.226 e. The van der Waals surface area contributed by atoms with Gasteiger partial charge in [-0.25, -0.2) is 0 Å². The van der Waals surface area contributed by atoms with Gasteiger partial charge in [-0.1, -0.05) is 24.3 Å². The first kappa shape index (κ1) is 14.6. The first-order chi connectivity index (χ1) is 10.3. The molecule has 2 N–H and O–H groups in total. The van der Waals surface area contributed by atoms with Crippen LogP contribution in [-0.4, -0.2) is 29.9 Å². The molecule has 1 aromatic carbocycles. The molecule has 0 bridgehead atoms. The van der Waals surface area contributed by atoms with Gasteiger partial charge in [-0.2, -0.15) is 0 Å². The maximum atomic E-state index is 12.9. The highest BCUT2D eigenvalue weighted by atomic mass is 16.2. The predicted octanol–water partition coefficient (Wildman–Crippen LogP) is 2.52. The Bertz CT molecular complexity index is 500. The van der Waals surface area contributed by atoms with Crippen LogP contribution in [0.25, 0.3) is 0 Å². The fourth-order valence-corrected chi connectivity index (χ4v) is 3.92. The predicted molar refractivity (Wildman–Crippen MR) is 85.0 cm³/mol. The summed E-state index contributed by atoms with van der Waals surface area (Å²) in [4.78, 5) is 15.0. The SMILES string of the molecule is NCCCC1CCCN1C(=O)C1CCc2ccccc2C1. The number of amides is 1. The molecule has 1 saturated heterocycles. The Morgan fingerprint density at radius 3 is 2.86 bits per heavy atom. The van der Waals surface area contributed by atoms with Crippen molar-refractivity contribution in [1.82, 2.24) is 4.90 Å². The molecule has 3 nitrogen and oxygen atoms in total. The minimum Gasteiger partial charge on any atom is -0.339 e. The normalized spacial score (nSPS) is 24.9. The number of carbonyl (C=O) groups excluding carboxylic acids is 1. The van der Waals surface area contributed by atoms with Crippen LogP contribution in [-0.2, 0) is 17.6 Å². The molecule has 2 unspecified atom stereocenters. The van der Waals surface area contributed by atoms with E-state index in [0.717, 1.165) is 58.0 Å². The lowest BCUT2D eigenvalue weighted by atomic mass is 9.83. The van der Waals surface area contributed by atoms with E-state index in [9.17, 15) is 4.79 Å². The second-order valence-electron chi connectivity index (χ2n) is 6.47. The summed E-state index contributed by atoms with van der Waals surface area (Å²) in [5, 5.41) is 0. The van der Waals surface area contributed by atoms with E-state index in [1.165, 1.54) is 11.1 Å². The zero-order valence-electron chi connectivity index (χ0n) is 12.8. The molecule has 1 aromatic rings. The van der Waals surface area contributed by atoms with Crippen molar-refractivity contribution in [3.63, 3.8) is 0 Å². The van der Waals surface area contributed by atoms with Crippen molar-refractivity contribution in [1.29, 1.82) is 0 Å². The lowest BCUT2D eigenvalue weighted by Gasteiger charge is -2.31. The van der Waals surface area contributed by atoms with Gasteiger partial charge in [-0.05, 0) is 62.6 Å². The monoisotopic (exact) mass is 286 g/mol. The van der Waals surface area contributed by atoms with Gasteiger partial charge in [0.25, 0.3) is 0 Å². The Morgan fingerprint density at radius 1 is 1.24 bits per heavy atom. The van der Waals surface area contributed by atoms with Crippen LogP contribution >= 0.6 is 0 Å². The average molecular weight is 286 g/mol. The van der Waals surface area contributed by atoms with Crippen molar-refractivity contribution in [3.8, 4) is 0 Å². The number of benzene rings is 1. The molecule has 2 atom stereocenters. The molecule has 0 saturated carbocycles. The van der Waals surface area contributed by atoms with E-state index in [-0.39, 0.29) is 5.92 Å². The molecule has 1 aliphatic carbocycles. The highest BCUT2D eigenvalue weighted by Gasteiger charge is 2.34. The molecule has 1 heterocycles. The van der Waals surface area contributed by atoms with Crippen molar-refractivity contribution in [2.75, 3.05) is 13.1 Å². The molecular formula is C18H26N2O. The number of fused-ring (bicyclic) bond motifs is 1. The van der Waals surface area contributed by atoms with Gasteiger partial charge in [-0.3, -0.25) is 4.79 Å². The fourth-order valence-electron chi connectivity index (χ4n) is 3.92. The summed E-state index contributed by atoms with van der Waals surface area (Å²) in [6.07, 6.45) is 7.41. The highest BCUT2D eigenvalue weighted by molar-refractivity contribution is 5.80. The van der Waals surface area contributed by atoms with E-state index in [1.54, 1.807) is 0 Å². The van der Waals surface area contributed by atoms with Gasteiger partial charge in [-0.15, -0.1) is 0 Å². The van der Waals surface area contributed by atoms with Crippen LogP contribution in [0.3, 0.4) is 0 Å². The summed E-state index contributed by atoms with van der Waals surface area (Å²) in [7, 11) is 0. The number of likely N-dealkylation sites (tertiary alicyclic amines) is 1. The lowest BCUT2D eigenvalue weighted by Crippen LogP contribution is -2.41. The molecule has 1 amide bonds. The van der Waals surface area contributed by atoms with Crippen LogP contribution in [0.2, 0.25) is 0 Å². The maximum absolute atomic E-state index is 12.9. The molecule has 2 aliphatic rings. The molecule has 21 heavy (non-hydrogen) atoms. The molecule has 3 heteroatoms. The molecular weight excluding hydrogens is 260 g/mol. The summed E-state index contributed by atoms with van der Waals surface area (Å²) >= 11 is 0. The van der Waals surface area contributed by atoms with Gasteiger partial charge < -0.3 is 10.6 Å². The van der Waals surface area contributed by atoms with E-state index in [0.29, 0.717) is 11.9 Å². The van der Waals surface area contributed by atoms with Gasteiger partial charge in [0, 0.05) is 18.5 Å². The van der Waals surface area contributed by atoms with Crippen LogP contribution in [0, 0.1) is 5.92 Å². The van der Waals surface area contributed by atoms with Crippen molar-refractivity contribution < 1.29 is 4.79 Å². The van der Waals surface area contributed by atoms with E-state index >= 15 is 0 Å². The number of aryl methyl sites for hydroxylation is 1. The molecule has 0 spiro atoms. The van der Waals surface area contributed by atoms with Gasteiger partial charge in [0.2, 0.25) is 5.91 Å². The van der Waals surface area contributed by atoms with Crippen LogP contribution < -0.4 is 5.73 Å². The third-order valence-electron chi connectivity index (χ3n) is 5.10. The van der Waals surface area contributed by atoms with Crippen LogP contribution in [0.15, 0.2) is 24.3 Å². The number of nitrogens with zero attached hydrogens (tertiary/aromatic N) is 1. The van der Waals surface area contributed by atoms with E-state index in [4.69, 9.17) is 5.73 Å². The average Bonchev–Trinajstić information content (AvgIpc) is 3.00. The van der Waals surface area contributed by atoms with Crippen molar-refractivity contribution in [3.05, 3.63) is 35.4 Å². The third kappa shape index (κ3) is 3.13. The number of rotatable bonds is 4. The second kappa shape index (κ2) is 6.61. The molecule has 3 rings (SSSR count). The Kier molecular flexibility index (Phi) is 4.59. The third-order valence-corrected chi connectivity index (χ3v) is 5.10. The minimum absolute atomic E-state index is 0.193. The molecule has 114 valence electrons. The van der Waals surface area contributed by atoms with Gasteiger partial charge in [0.15, 0.2) is 0 Å². The highest BCUT2D eigenvalue weighted by Crippen LogP contribution is 2.30. The second-order valence-corrected chi connectivity index (χ2v) is 6.47. The van der Waals surface area contributed by atoms with Crippen molar-refractivity contribution >= 4 is 5.91 Å². The summed E-state index contributed by atoms with van der Waals surface area (Å²) in [5.41, 5.74) is 8.43. The van der Waals surface area contributed by atoms with Crippen molar-refractivity contribution in [2.24, 2.45) is 11.7 Å². The lowest BCUT2D eigenvalue weighted by molar-refractivity contribution is -0.136. The van der Waals surface area contributed by atoms with Crippen LogP contribution in [0.4, 0.5) is 0 Å².